The first-order valence-electron chi connectivity index (χ1n) is 6.15. The molecule has 0 bridgehead atoms. The smallest absolute Gasteiger partial charge is 0.416 e. The van der Waals surface area contributed by atoms with Crippen molar-refractivity contribution < 1.29 is 23.0 Å². The zero-order valence-electron chi connectivity index (χ0n) is 10.3. The van der Waals surface area contributed by atoms with Gasteiger partial charge in [-0.15, -0.1) is 0 Å². The lowest BCUT2D eigenvalue weighted by Gasteiger charge is -2.18. The van der Waals surface area contributed by atoms with Gasteiger partial charge in [-0.2, -0.15) is 13.2 Å². The molecular formula is C13H16F3NO2. The number of halogens is 3. The molecule has 1 heterocycles. The first-order valence-corrected chi connectivity index (χ1v) is 6.15. The topological polar surface area (TPSA) is 41.5 Å². The van der Waals surface area contributed by atoms with Crippen molar-refractivity contribution in [3.8, 4) is 5.75 Å². The fourth-order valence-corrected chi connectivity index (χ4v) is 2.09. The second kappa shape index (κ2) is 5.79. The maximum Gasteiger partial charge on any atom is 0.416 e. The van der Waals surface area contributed by atoms with Crippen LogP contribution in [-0.2, 0) is 6.18 Å². The fourth-order valence-electron chi connectivity index (χ4n) is 2.09. The summed E-state index contributed by atoms with van der Waals surface area (Å²) in [6.45, 7) is 1.58. The number of nitrogens with one attached hydrogen (secondary N) is 1. The van der Waals surface area contributed by atoms with Gasteiger partial charge in [0.05, 0.1) is 11.7 Å². The highest BCUT2D eigenvalue weighted by Gasteiger charge is 2.30. The average Bonchev–Trinajstić information content (AvgIpc) is 2.89. The third-order valence-electron chi connectivity index (χ3n) is 3.22. The van der Waals surface area contributed by atoms with E-state index in [4.69, 9.17) is 4.74 Å². The van der Waals surface area contributed by atoms with Crippen molar-refractivity contribution in [2.45, 2.75) is 18.7 Å². The Balaban J connectivity index is 1.92. The molecule has 0 aliphatic carbocycles. The lowest BCUT2D eigenvalue weighted by atomic mass is 10.0. The van der Waals surface area contributed by atoms with E-state index >= 15 is 0 Å². The second-order valence-electron chi connectivity index (χ2n) is 4.66. The zero-order valence-corrected chi connectivity index (χ0v) is 10.3. The average molecular weight is 275 g/mol. The Morgan fingerprint density at radius 1 is 1.42 bits per heavy atom. The van der Waals surface area contributed by atoms with Crippen LogP contribution in [0.1, 0.15) is 12.0 Å². The van der Waals surface area contributed by atoms with Gasteiger partial charge in [0, 0.05) is 12.5 Å². The lowest BCUT2D eigenvalue weighted by Crippen LogP contribution is -2.28. The van der Waals surface area contributed by atoms with E-state index < -0.39 is 17.8 Å². The van der Waals surface area contributed by atoms with E-state index in [9.17, 15) is 18.3 Å². The largest absolute Gasteiger partial charge is 0.491 e. The number of benzene rings is 1. The van der Waals surface area contributed by atoms with E-state index in [1.54, 1.807) is 0 Å². The summed E-state index contributed by atoms with van der Waals surface area (Å²) >= 11 is 0. The molecular weight excluding hydrogens is 259 g/mol. The Labute approximate surface area is 109 Å². The number of ether oxygens (including phenoxy) is 1. The highest BCUT2D eigenvalue weighted by Crippen LogP contribution is 2.31. The molecule has 1 fully saturated rings. The Morgan fingerprint density at radius 3 is 2.84 bits per heavy atom. The van der Waals surface area contributed by atoms with Gasteiger partial charge >= 0.3 is 6.18 Å². The molecule has 1 saturated heterocycles. The summed E-state index contributed by atoms with van der Waals surface area (Å²) in [5, 5.41) is 13.0. The molecule has 2 N–H and O–H groups in total. The summed E-state index contributed by atoms with van der Waals surface area (Å²) < 4.78 is 42.7. The molecule has 6 heteroatoms. The standard InChI is InChI=1S/C13H16F3NO2/c14-13(15,16)10-2-1-3-11(6-10)19-8-12(18)9-4-5-17-7-9/h1-3,6,9,12,17-18H,4-5,7-8H2. The molecule has 0 saturated carbocycles. The van der Waals surface area contributed by atoms with Crippen LogP contribution in [0.4, 0.5) is 13.2 Å². The summed E-state index contributed by atoms with van der Waals surface area (Å²) in [6, 6.07) is 4.68. The van der Waals surface area contributed by atoms with Crippen molar-refractivity contribution in [3.05, 3.63) is 29.8 Å². The first-order chi connectivity index (χ1) is 8.97. The Morgan fingerprint density at radius 2 is 2.21 bits per heavy atom. The van der Waals surface area contributed by atoms with Crippen molar-refractivity contribution >= 4 is 0 Å². The molecule has 1 aromatic rings. The Bertz CT molecular complexity index is 417. The molecule has 0 aromatic heterocycles. The molecule has 1 aliphatic rings. The third-order valence-corrected chi connectivity index (χ3v) is 3.22. The monoisotopic (exact) mass is 275 g/mol. The summed E-state index contributed by atoms with van der Waals surface area (Å²) in [5.41, 5.74) is -0.748. The number of hydrogen-bond donors (Lipinski definition) is 2. The molecule has 1 aliphatic heterocycles. The van der Waals surface area contributed by atoms with Gasteiger partial charge in [0.2, 0.25) is 0 Å². The molecule has 0 amide bonds. The maximum atomic E-state index is 12.5. The van der Waals surface area contributed by atoms with Crippen molar-refractivity contribution in [1.29, 1.82) is 0 Å². The van der Waals surface area contributed by atoms with Crippen LogP contribution >= 0.6 is 0 Å². The summed E-state index contributed by atoms with van der Waals surface area (Å²) in [4.78, 5) is 0. The molecule has 0 radical (unpaired) electrons. The maximum absolute atomic E-state index is 12.5. The Hall–Kier alpha value is -1.27. The molecule has 2 rings (SSSR count). The highest BCUT2D eigenvalue weighted by molar-refractivity contribution is 5.30. The first kappa shape index (κ1) is 14.1. The van der Waals surface area contributed by atoms with Gasteiger partial charge in [-0.1, -0.05) is 6.07 Å². The number of aliphatic hydroxyl groups excluding tert-OH is 1. The highest BCUT2D eigenvalue weighted by atomic mass is 19.4. The summed E-state index contributed by atoms with van der Waals surface area (Å²) in [7, 11) is 0. The molecule has 19 heavy (non-hydrogen) atoms. The van der Waals surface area contributed by atoms with E-state index in [-0.39, 0.29) is 18.3 Å². The summed E-state index contributed by atoms with van der Waals surface area (Å²) in [5.74, 6) is 0.227. The predicted octanol–water partition coefficient (Wildman–Crippen LogP) is 2.05. The normalized spacial score (nSPS) is 21.4. The van der Waals surface area contributed by atoms with Crippen molar-refractivity contribution in [2.24, 2.45) is 5.92 Å². The van der Waals surface area contributed by atoms with E-state index in [0.717, 1.165) is 25.1 Å². The van der Waals surface area contributed by atoms with Crippen molar-refractivity contribution in [3.63, 3.8) is 0 Å². The molecule has 2 atom stereocenters. The summed E-state index contributed by atoms with van der Waals surface area (Å²) in [6.07, 6.45) is -4.19. The number of rotatable bonds is 4. The van der Waals surface area contributed by atoms with Crippen LogP contribution in [0, 0.1) is 5.92 Å². The van der Waals surface area contributed by atoms with Gasteiger partial charge in [-0.05, 0) is 31.2 Å². The van der Waals surface area contributed by atoms with Crippen LogP contribution in [-0.4, -0.2) is 30.9 Å². The molecule has 3 nitrogen and oxygen atoms in total. The molecule has 1 aromatic carbocycles. The van der Waals surface area contributed by atoms with Crippen LogP contribution in [0.5, 0.6) is 5.75 Å². The number of aliphatic hydroxyl groups is 1. The van der Waals surface area contributed by atoms with E-state index in [1.807, 2.05) is 0 Å². The number of alkyl halides is 3. The minimum atomic E-state index is -4.38. The SMILES string of the molecule is OC(COc1cccc(C(F)(F)F)c1)C1CCNC1. The minimum Gasteiger partial charge on any atom is -0.491 e. The van der Waals surface area contributed by atoms with Crippen LogP contribution < -0.4 is 10.1 Å². The van der Waals surface area contributed by atoms with E-state index in [2.05, 4.69) is 5.32 Å². The molecule has 0 spiro atoms. The molecule has 2 unspecified atom stereocenters. The number of hydrogen-bond acceptors (Lipinski definition) is 3. The third kappa shape index (κ3) is 3.84. The van der Waals surface area contributed by atoms with Crippen LogP contribution in [0.2, 0.25) is 0 Å². The van der Waals surface area contributed by atoms with Crippen LogP contribution in [0.3, 0.4) is 0 Å². The van der Waals surface area contributed by atoms with Gasteiger partial charge in [0.25, 0.3) is 0 Å². The minimum absolute atomic E-state index is 0.00760. The predicted molar refractivity (Wildman–Crippen MR) is 63.9 cm³/mol. The van der Waals surface area contributed by atoms with Crippen LogP contribution in [0.15, 0.2) is 24.3 Å². The fraction of sp³-hybridized carbons (Fsp3) is 0.538. The van der Waals surface area contributed by atoms with E-state index in [1.165, 1.54) is 12.1 Å². The second-order valence-corrected chi connectivity index (χ2v) is 4.66. The van der Waals surface area contributed by atoms with Crippen molar-refractivity contribution in [2.75, 3.05) is 19.7 Å². The van der Waals surface area contributed by atoms with Gasteiger partial charge in [0.15, 0.2) is 0 Å². The van der Waals surface area contributed by atoms with Crippen LogP contribution in [0.25, 0.3) is 0 Å². The van der Waals surface area contributed by atoms with Crippen molar-refractivity contribution in [1.82, 2.24) is 5.32 Å². The van der Waals surface area contributed by atoms with Gasteiger partial charge in [-0.25, -0.2) is 0 Å². The quantitative estimate of drug-likeness (QED) is 0.883. The zero-order chi connectivity index (χ0) is 13.9. The van der Waals surface area contributed by atoms with Gasteiger partial charge in [-0.3, -0.25) is 0 Å². The lowest BCUT2D eigenvalue weighted by molar-refractivity contribution is -0.137. The Kier molecular flexibility index (Phi) is 4.31. The molecule has 106 valence electrons. The van der Waals surface area contributed by atoms with E-state index in [0.29, 0.717) is 6.54 Å². The van der Waals surface area contributed by atoms with Gasteiger partial charge < -0.3 is 15.2 Å². The van der Waals surface area contributed by atoms with Gasteiger partial charge in [0.1, 0.15) is 12.4 Å².